The highest BCUT2D eigenvalue weighted by Gasteiger charge is 2.31. The fraction of sp³-hybridized carbons (Fsp3) is 0.500. The molecule has 8 heteroatoms. The molecule has 0 spiro atoms. The first-order valence-electron chi connectivity index (χ1n) is 8.84. The zero-order chi connectivity index (χ0) is 18.7. The third-order valence-corrected chi connectivity index (χ3v) is 4.97. The van der Waals surface area contributed by atoms with E-state index in [-0.39, 0.29) is 18.0 Å². The summed E-state index contributed by atoms with van der Waals surface area (Å²) in [5.74, 6) is 1.29. The van der Waals surface area contributed by atoms with Crippen LogP contribution in [-0.4, -0.2) is 52.1 Å². The highest BCUT2D eigenvalue weighted by atomic mass is 32.2. The van der Waals surface area contributed by atoms with E-state index in [1.165, 1.54) is 0 Å². The van der Waals surface area contributed by atoms with Crippen LogP contribution < -0.4 is 15.5 Å². The third kappa shape index (κ3) is 3.80. The maximum atomic E-state index is 12.8. The second-order valence-electron chi connectivity index (χ2n) is 6.65. The zero-order valence-corrected chi connectivity index (χ0v) is 16.2. The van der Waals surface area contributed by atoms with Crippen molar-refractivity contribution >= 4 is 40.7 Å². The number of aromatic nitrogens is 2. The number of urea groups is 1. The molecule has 1 aliphatic heterocycles. The van der Waals surface area contributed by atoms with Crippen LogP contribution in [0.15, 0.2) is 24.3 Å². The molecule has 2 N–H and O–H groups in total. The van der Waals surface area contributed by atoms with Crippen LogP contribution in [-0.2, 0) is 11.3 Å². The number of thioether (sulfide) groups is 1. The predicted octanol–water partition coefficient (Wildman–Crippen LogP) is 2.21. The number of benzene rings is 1. The van der Waals surface area contributed by atoms with Gasteiger partial charge in [-0.15, -0.1) is 0 Å². The first-order chi connectivity index (χ1) is 12.5. The molecule has 0 fully saturated rings. The number of nitrogens with one attached hydrogen (secondary N) is 2. The molecule has 0 aliphatic carbocycles. The van der Waals surface area contributed by atoms with E-state index in [4.69, 9.17) is 0 Å². The van der Waals surface area contributed by atoms with E-state index in [9.17, 15) is 9.59 Å². The van der Waals surface area contributed by atoms with Crippen LogP contribution in [0.2, 0.25) is 0 Å². The molecule has 1 aromatic carbocycles. The number of fused-ring (bicyclic) bond motifs is 3. The number of imidazole rings is 1. The van der Waals surface area contributed by atoms with Crippen LogP contribution in [0.5, 0.6) is 0 Å². The largest absolute Gasteiger partial charge is 0.352 e. The number of para-hydroxylation sites is 2. The number of hydrogen-bond donors (Lipinski definition) is 2. The fourth-order valence-electron chi connectivity index (χ4n) is 3.10. The van der Waals surface area contributed by atoms with Gasteiger partial charge in [-0.05, 0) is 44.4 Å². The van der Waals surface area contributed by atoms with E-state index in [2.05, 4.69) is 15.6 Å². The second kappa shape index (κ2) is 7.99. The number of nitrogens with zero attached hydrogens (tertiary/aromatic N) is 3. The fourth-order valence-corrected chi connectivity index (χ4v) is 3.57. The molecule has 140 valence electrons. The van der Waals surface area contributed by atoms with E-state index >= 15 is 0 Å². The van der Waals surface area contributed by atoms with Crippen molar-refractivity contribution in [2.75, 3.05) is 23.5 Å². The maximum absolute atomic E-state index is 12.8. The number of amides is 3. The minimum atomic E-state index is -0.546. The van der Waals surface area contributed by atoms with E-state index in [0.29, 0.717) is 25.5 Å². The molecule has 0 radical (unpaired) electrons. The van der Waals surface area contributed by atoms with Crippen molar-refractivity contribution in [1.82, 2.24) is 20.2 Å². The van der Waals surface area contributed by atoms with Gasteiger partial charge in [-0.25, -0.2) is 9.78 Å². The zero-order valence-electron chi connectivity index (χ0n) is 15.4. The number of anilines is 1. The Morgan fingerprint density at radius 1 is 1.23 bits per heavy atom. The van der Waals surface area contributed by atoms with Crippen LogP contribution in [0.3, 0.4) is 0 Å². The Kier molecular flexibility index (Phi) is 5.70. The van der Waals surface area contributed by atoms with Gasteiger partial charge in [0.2, 0.25) is 11.9 Å². The molecule has 2 heterocycles. The van der Waals surface area contributed by atoms with Crippen molar-refractivity contribution in [2.45, 2.75) is 38.9 Å². The molecule has 0 saturated heterocycles. The summed E-state index contributed by atoms with van der Waals surface area (Å²) in [5.41, 5.74) is 1.89. The lowest BCUT2D eigenvalue weighted by molar-refractivity contribution is -0.123. The van der Waals surface area contributed by atoms with Crippen LogP contribution in [0.25, 0.3) is 11.0 Å². The topological polar surface area (TPSA) is 79.3 Å². The van der Waals surface area contributed by atoms with Crippen LogP contribution in [0, 0.1) is 0 Å². The highest BCUT2D eigenvalue weighted by molar-refractivity contribution is 7.98. The van der Waals surface area contributed by atoms with Gasteiger partial charge in [-0.2, -0.15) is 11.8 Å². The predicted molar refractivity (Wildman–Crippen MR) is 106 cm³/mol. The molecule has 2 aromatic rings. The van der Waals surface area contributed by atoms with E-state index in [1.807, 2.05) is 48.9 Å². The van der Waals surface area contributed by atoms with Crippen molar-refractivity contribution in [3.05, 3.63) is 24.3 Å². The standard InChI is InChI=1S/C18H25N5O2S/c1-12(2)19-16(24)14(8-11-26-3)21-18(25)23-10-9-22-15-7-5-4-6-13(15)20-17(22)23/h4-7,12,14H,8-11H2,1-3H3,(H,19,24)(H,21,25)/t14-/m0/s1. The van der Waals surface area contributed by atoms with E-state index < -0.39 is 6.04 Å². The number of hydrogen-bond acceptors (Lipinski definition) is 4. The molecule has 0 unspecified atom stereocenters. The van der Waals surface area contributed by atoms with Gasteiger partial charge < -0.3 is 15.2 Å². The lowest BCUT2D eigenvalue weighted by Gasteiger charge is -2.22. The van der Waals surface area contributed by atoms with Crippen LogP contribution in [0.4, 0.5) is 10.7 Å². The first-order valence-corrected chi connectivity index (χ1v) is 10.2. The minimum absolute atomic E-state index is 0.0344. The summed E-state index contributed by atoms with van der Waals surface area (Å²) < 4.78 is 2.04. The van der Waals surface area contributed by atoms with Crippen molar-refractivity contribution < 1.29 is 9.59 Å². The van der Waals surface area contributed by atoms with Gasteiger partial charge in [0.15, 0.2) is 0 Å². The molecule has 3 amide bonds. The molecule has 7 nitrogen and oxygen atoms in total. The van der Waals surface area contributed by atoms with Crippen LogP contribution in [0.1, 0.15) is 20.3 Å². The Bertz CT molecular complexity index is 804. The van der Waals surface area contributed by atoms with E-state index in [1.54, 1.807) is 16.7 Å². The monoisotopic (exact) mass is 375 g/mol. The normalized spacial score (nSPS) is 14.5. The van der Waals surface area contributed by atoms with Crippen molar-refractivity contribution in [2.24, 2.45) is 0 Å². The first kappa shape index (κ1) is 18.6. The average molecular weight is 375 g/mol. The Morgan fingerprint density at radius 2 is 2.00 bits per heavy atom. The summed E-state index contributed by atoms with van der Waals surface area (Å²) in [6.45, 7) is 5.08. The Hall–Kier alpha value is -2.22. The van der Waals surface area contributed by atoms with Crippen molar-refractivity contribution in [3.8, 4) is 0 Å². The minimum Gasteiger partial charge on any atom is -0.352 e. The van der Waals surface area contributed by atoms with Crippen molar-refractivity contribution in [3.63, 3.8) is 0 Å². The average Bonchev–Trinajstić information content (AvgIpc) is 3.16. The van der Waals surface area contributed by atoms with Gasteiger partial charge >= 0.3 is 6.03 Å². The lowest BCUT2D eigenvalue weighted by Crippen LogP contribution is -2.52. The summed E-state index contributed by atoms with van der Waals surface area (Å²) in [6, 6.07) is 7.06. The maximum Gasteiger partial charge on any atom is 0.324 e. The van der Waals surface area contributed by atoms with Gasteiger partial charge in [0, 0.05) is 19.1 Å². The lowest BCUT2D eigenvalue weighted by atomic mass is 10.2. The van der Waals surface area contributed by atoms with Gasteiger partial charge in [0.25, 0.3) is 0 Å². The van der Waals surface area contributed by atoms with Gasteiger partial charge in [-0.1, -0.05) is 12.1 Å². The third-order valence-electron chi connectivity index (χ3n) is 4.32. The van der Waals surface area contributed by atoms with Crippen LogP contribution >= 0.6 is 11.8 Å². The summed E-state index contributed by atoms with van der Waals surface area (Å²) >= 11 is 1.66. The molecule has 0 saturated carbocycles. The SMILES string of the molecule is CSCC[C@H](NC(=O)N1CCn2c1nc1ccccc12)C(=O)NC(C)C. The second-order valence-corrected chi connectivity index (χ2v) is 7.64. The Morgan fingerprint density at radius 3 is 2.73 bits per heavy atom. The number of carbonyl (C=O) groups excluding carboxylic acids is 2. The molecule has 26 heavy (non-hydrogen) atoms. The number of rotatable bonds is 6. The van der Waals surface area contributed by atoms with Gasteiger partial charge in [-0.3, -0.25) is 9.69 Å². The Labute approximate surface area is 157 Å². The quantitative estimate of drug-likeness (QED) is 0.811. The molecule has 0 bridgehead atoms. The van der Waals surface area contributed by atoms with Crippen molar-refractivity contribution in [1.29, 1.82) is 0 Å². The summed E-state index contributed by atoms with van der Waals surface area (Å²) in [4.78, 5) is 31.4. The molecule has 1 aliphatic rings. The van der Waals surface area contributed by atoms with Gasteiger partial charge in [0.05, 0.1) is 11.0 Å². The smallest absolute Gasteiger partial charge is 0.324 e. The van der Waals surface area contributed by atoms with E-state index in [0.717, 1.165) is 16.8 Å². The number of carbonyl (C=O) groups is 2. The summed E-state index contributed by atoms with van der Waals surface area (Å²) in [6.07, 6.45) is 2.58. The molecular weight excluding hydrogens is 350 g/mol. The molecule has 3 rings (SSSR count). The summed E-state index contributed by atoms with van der Waals surface area (Å²) in [7, 11) is 0. The molecule has 1 atom stereocenters. The highest BCUT2D eigenvalue weighted by Crippen LogP contribution is 2.27. The molecular formula is C18H25N5O2S. The Balaban J connectivity index is 1.75. The van der Waals surface area contributed by atoms with Gasteiger partial charge in [0.1, 0.15) is 6.04 Å². The molecule has 1 aromatic heterocycles. The summed E-state index contributed by atoms with van der Waals surface area (Å²) in [5, 5.41) is 5.78.